The van der Waals surface area contributed by atoms with Gasteiger partial charge in [-0.25, -0.2) is 4.98 Å². The largest absolute Gasteiger partial charge is 0.307 e. The molecule has 2 N–H and O–H groups in total. The second-order valence-electron chi connectivity index (χ2n) is 4.49. The molecular formula is C14H17N5O2. The van der Waals surface area contributed by atoms with Crippen molar-refractivity contribution in [3.05, 3.63) is 46.0 Å². The van der Waals surface area contributed by atoms with Crippen LogP contribution in [0.3, 0.4) is 0 Å². The van der Waals surface area contributed by atoms with Gasteiger partial charge in [0.25, 0.3) is 5.56 Å². The van der Waals surface area contributed by atoms with Crippen molar-refractivity contribution in [3.63, 3.8) is 0 Å². The fourth-order valence-electron chi connectivity index (χ4n) is 1.84. The minimum atomic E-state index is -0.271. The maximum Gasteiger partial charge on any atom is 0.252 e. The molecule has 0 aromatic carbocycles. The smallest absolute Gasteiger partial charge is 0.252 e. The number of nitrogens with zero attached hydrogens (tertiary/aromatic N) is 3. The number of carbonyl (C=O) groups excluding carboxylic acids is 1. The van der Waals surface area contributed by atoms with Crippen LogP contribution >= 0.6 is 0 Å². The van der Waals surface area contributed by atoms with Gasteiger partial charge in [0.1, 0.15) is 5.82 Å². The van der Waals surface area contributed by atoms with Gasteiger partial charge in [-0.15, -0.1) is 0 Å². The van der Waals surface area contributed by atoms with Crippen molar-refractivity contribution in [1.29, 1.82) is 0 Å². The first-order valence-corrected chi connectivity index (χ1v) is 6.64. The molecule has 0 saturated carbocycles. The molecule has 0 saturated heterocycles. The van der Waals surface area contributed by atoms with Crippen LogP contribution in [0, 0.1) is 6.92 Å². The predicted octanol–water partition coefficient (Wildman–Crippen LogP) is 1.34. The van der Waals surface area contributed by atoms with E-state index in [9.17, 15) is 9.59 Å². The van der Waals surface area contributed by atoms with Gasteiger partial charge in [-0.1, -0.05) is 13.0 Å². The molecule has 7 nitrogen and oxygen atoms in total. The molecule has 0 bridgehead atoms. The summed E-state index contributed by atoms with van der Waals surface area (Å²) in [5, 5.41) is 6.96. The summed E-state index contributed by atoms with van der Waals surface area (Å²) in [6.07, 6.45) is 3.68. The third-order valence-corrected chi connectivity index (χ3v) is 2.75. The highest BCUT2D eigenvalue weighted by atomic mass is 16.1. The zero-order valence-corrected chi connectivity index (χ0v) is 12.2. The number of hydrogen-bond acceptors (Lipinski definition) is 4. The van der Waals surface area contributed by atoms with Crippen LogP contribution in [0.1, 0.15) is 25.2 Å². The molecular weight excluding hydrogens is 270 g/mol. The number of nitrogens with one attached hydrogen (secondary N) is 2. The molecule has 0 radical (unpaired) electrons. The Hall–Kier alpha value is -2.70. The van der Waals surface area contributed by atoms with Crippen LogP contribution in [0.15, 0.2) is 29.1 Å². The summed E-state index contributed by atoms with van der Waals surface area (Å²) in [6.45, 7) is 5.46. The van der Waals surface area contributed by atoms with Crippen molar-refractivity contribution in [1.82, 2.24) is 19.7 Å². The molecule has 0 atom stereocenters. The number of H-pyrrole nitrogens is 1. The Morgan fingerprint density at radius 2 is 2.24 bits per heavy atom. The third-order valence-electron chi connectivity index (χ3n) is 2.75. The van der Waals surface area contributed by atoms with Crippen LogP contribution in [0.5, 0.6) is 0 Å². The predicted molar refractivity (Wildman–Crippen MR) is 79.5 cm³/mol. The zero-order chi connectivity index (χ0) is 15.4. The Morgan fingerprint density at radius 3 is 2.90 bits per heavy atom. The summed E-state index contributed by atoms with van der Waals surface area (Å²) in [6, 6.07) is 3.15. The van der Waals surface area contributed by atoms with Gasteiger partial charge in [-0.05, 0) is 26.3 Å². The summed E-state index contributed by atoms with van der Waals surface area (Å²) < 4.78 is 1.41. The summed E-state index contributed by atoms with van der Waals surface area (Å²) in [5.74, 6) is 0.461. The molecule has 0 unspecified atom stereocenters. The number of aryl methyl sites for hydroxylation is 2. The molecule has 0 fully saturated rings. The molecule has 0 aliphatic heterocycles. The Kier molecular flexibility index (Phi) is 4.32. The van der Waals surface area contributed by atoms with Crippen LogP contribution in [0.4, 0.5) is 5.82 Å². The normalized spacial score (nSPS) is 11.0. The number of anilines is 1. The van der Waals surface area contributed by atoms with E-state index in [1.807, 2.05) is 6.92 Å². The number of aromatic amines is 1. The molecule has 2 aromatic heterocycles. The fraction of sp³-hybridized carbons (Fsp3) is 0.286. The minimum absolute atomic E-state index is 0.254. The van der Waals surface area contributed by atoms with Crippen LogP contribution in [0.2, 0.25) is 0 Å². The number of allylic oxidation sites excluding steroid dienone is 1. The van der Waals surface area contributed by atoms with E-state index >= 15 is 0 Å². The molecule has 2 heterocycles. The lowest BCUT2D eigenvalue weighted by Crippen LogP contribution is -2.18. The first kappa shape index (κ1) is 14.7. The summed E-state index contributed by atoms with van der Waals surface area (Å²) >= 11 is 0. The van der Waals surface area contributed by atoms with Gasteiger partial charge in [-0.2, -0.15) is 9.78 Å². The zero-order valence-electron chi connectivity index (χ0n) is 12.2. The number of aromatic nitrogens is 4. The lowest BCUT2D eigenvalue weighted by molar-refractivity contribution is -0.111. The van der Waals surface area contributed by atoms with E-state index in [-0.39, 0.29) is 17.4 Å². The molecule has 0 spiro atoms. The molecule has 21 heavy (non-hydrogen) atoms. The first-order chi connectivity index (χ1) is 10.0. The average molecular weight is 287 g/mol. The Morgan fingerprint density at radius 1 is 1.48 bits per heavy atom. The van der Waals surface area contributed by atoms with Crippen LogP contribution in [-0.2, 0) is 11.2 Å². The number of hydrogen-bond donors (Lipinski definition) is 2. The van der Waals surface area contributed by atoms with Crippen molar-refractivity contribution >= 4 is 11.7 Å². The van der Waals surface area contributed by atoms with Crippen molar-refractivity contribution in [3.8, 4) is 5.95 Å². The second-order valence-corrected chi connectivity index (χ2v) is 4.49. The van der Waals surface area contributed by atoms with Gasteiger partial charge >= 0.3 is 0 Å². The second kappa shape index (κ2) is 6.17. The highest BCUT2D eigenvalue weighted by Gasteiger charge is 2.12. The van der Waals surface area contributed by atoms with Crippen molar-refractivity contribution in [2.45, 2.75) is 27.2 Å². The Balaban J connectivity index is 2.46. The van der Waals surface area contributed by atoms with E-state index in [1.54, 1.807) is 26.0 Å². The average Bonchev–Trinajstić information content (AvgIpc) is 2.79. The molecule has 110 valence electrons. The van der Waals surface area contributed by atoms with Crippen LogP contribution in [0.25, 0.3) is 5.95 Å². The highest BCUT2D eigenvalue weighted by Crippen LogP contribution is 2.14. The third kappa shape index (κ3) is 3.44. The monoisotopic (exact) mass is 287 g/mol. The lowest BCUT2D eigenvalue weighted by atomic mass is 10.3. The van der Waals surface area contributed by atoms with Crippen molar-refractivity contribution in [2.24, 2.45) is 0 Å². The van der Waals surface area contributed by atoms with Gasteiger partial charge < -0.3 is 5.32 Å². The van der Waals surface area contributed by atoms with Crippen LogP contribution < -0.4 is 10.9 Å². The molecule has 2 rings (SSSR count). The van der Waals surface area contributed by atoms with E-state index < -0.39 is 0 Å². The van der Waals surface area contributed by atoms with E-state index in [0.29, 0.717) is 23.6 Å². The molecule has 1 amide bonds. The van der Waals surface area contributed by atoms with Gasteiger partial charge in [0.05, 0.1) is 5.69 Å². The fourth-order valence-corrected chi connectivity index (χ4v) is 1.84. The standard InChI is InChI=1S/C14H17N5O2/c1-4-6-12(20)16-11-7-9(3)18-19(11)14-15-10(5-2)8-13(21)17-14/h4,6-8H,5H2,1-3H3,(H,16,20)(H,15,17,21)/b6-4+. The Labute approximate surface area is 121 Å². The summed E-state index contributed by atoms with van der Waals surface area (Å²) in [7, 11) is 0. The maximum absolute atomic E-state index is 11.7. The molecule has 0 aliphatic carbocycles. The molecule has 7 heteroatoms. The quantitative estimate of drug-likeness (QED) is 0.830. The minimum Gasteiger partial charge on any atom is -0.307 e. The lowest BCUT2D eigenvalue weighted by Gasteiger charge is -2.07. The highest BCUT2D eigenvalue weighted by molar-refractivity contribution is 5.98. The number of carbonyl (C=O) groups is 1. The topological polar surface area (TPSA) is 92.7 Å². The van der Waals surface area contributed by atoms with E-state index in [2.05, 4.69) is 20.4 Å². The number of rotatable bonds is 4. The van der Waals surface area contributed by atoms with Crippen LogP contribution in [-0.4, -0.2) is 25.7 Å². The van der Waals surface area contributed by atoms with Crippen molar-refractivity contribution in [2.75, 3.05) is 5.32 Å². The van der Waals surface area contributed by atoms with E-state index in [4.69, 9.17) is 0 Å². The van der Waals surface area contributed by atoms with Gasteiger partial charge in [0.15, 0.2) is 0 Å². The van der Waals surface area contributed by atoms with Gasteiger partial charge in [0, 0.05) is 17.8 Å². The molecule has 0 aliphatic rings. The summed E-state index contributed by atoms with van der Waals surface area (Å²) in [4.78, 5) is 30.3. The first-order valence-electron chi connectivity index (χ1n) is 6.64. The van der Waals surface area contributed by atoms with E-state index in [1.165, 1.54) is 16.8 Å². The Bertz CT molecular complexity index is 742. The molecule has 2 aromatic rings. The summed E-state index contributed by atoms with van der Waals surface area (Å²) in [5.41, 5.74) is 1.11. The SMILES string of the molecule is C/C=C/C(=O)Nc1cc(C)nn1-c1nc(CC)cc(=O)[nH]1. The maximum atomic E-state index is 11.7. The van der Waals surface area contributed by atoms with Gasteiger partial charge in [0.2, 0.25) is 11.9 Å². The number of amides is 1. The van der Waals surface area contributed by atoms with Crippen molar-refractivity contribution < 1.29 is 4.79 Å². The van der Waals surface area contributed by atoms with E-state index in [0.717, 1.165) is 0 Å². The van der Waals surface area contributed by atoms with Gasteiger partial charge in [-0.3, -0.25) is 14.6 Å².